The van der Waals surface area contributed by atoms with Crippen molar-refractivity contribution in [3.05, 3.63) is 29.0 Å². The monoisotopic (exact) mass is 240 g/mol. The van der Waals surface area contributed by atoms with E-state index in [0.29, 0.717) is 0 Å². The number of carbonyl (C=O) groups excluding carboxylic acids is 1. The number of halogens is 2. The van der Waals surface area contributed by atoms with Crippen molar-refractivity contribution in [3.8, 4) is 6.07 Å². The highest BCUT2D eigenvalue weighted by Crippen LogP contribution is 2.22. The van der Waals surface area contributed by atoms with Crippen LogP contribution in [0.3, 0.4) is 0 Å². The average molecular weight is 241 g/mol. The third kappa shape index (κ3) is 2.71. The molecular weight excluding hydrogens is 231 g/mol. The Kier molecular flexibility index (Phi) is 3.51. The highest BCUT2D eigenvalue weighted by molar-refractivity contribution is 6.30. The zero-order chi connectivity index (χ0) is 12.3. The van der Waals surface area contributed by atoms with Gasteiger partial charge in [-0.25, -0.2) is 4.39 Å². The van der Waals surface area contributed by atoms with E-state index in [9.17, 15) is 9.18 Å². The summed E-state index contributed by atoms with van der Waals surface area (Å²) in [5.74, 6) is -1.19. The molecule has 3 nitrogen and oxygen atoms in total. The van der Waals surface area contributed by atoms with Crippen molar-refractivity contribution in [2.24, 2.45) is 5.41 Å². The summed E-state index contributed by atoms with van der Waals surface area (Å²) in [6.07, 6.45) is 0. The van der Waals surface area contributed by atoms with Gasteiger partial charge in [0.2, 0.25) is 5.91 Å². The Morgan fingerprint density at radius 3 is 2.69 bits per heavy atom. The first kappa shape index (κ1) is 12.5. The topological polar surface area (TPSA) is 52.9 Å². The number of rotatable bonds is 2. The summed E-state index contributed by atoms with van der Waals surface area (Å²) in [6.45, 7) is 2.91. The zero-order valence-electron chi connectivity index (χ0n) is 8.84. The van der Waals surface area contributed by atoms with Gasteiger partial charge in [-0.2, -0.15) is 5.26 Å². The second kappa shape index (κ2) is 4.50. The maximum atomic E-state index is 13.3. The van der Waals surface area contributed by atoms with E-state index in [1.807, 2.05) is 6.07 Å². The SMILES string of the molecule is CC(C)(C#N)C(=O)Nc1ccc(Cl)cc1F. The molecule has 84 valence electrons. The molecule has 0 aliphatic rings. The van der Waals surface area contributed by atoms with Crippen molar-refractivity contribution in [2.45, 2.75) is 13.8 Å². The fourth-order valence-corrected chi connectivity index (χ4v) is 1.08. The van der Waals surface area contributed by atoms with Crippen molar-refractivity contribution >= 4 is 23.2 Å². The molecule has 1 aromatic carbocycles. The van der Waals surface area contributed by atoms with Crippen LogP contribution in [0.25, 0.3) is 0 Å². The van der Waals surface area contributed by atoms with Crippen molar-refractivity contribution < 1.29 is 9.18 Å². The summed E-state index contributed by atoms with van der Waals surface area (Å²) < 4.78 is 13.3. The van der Waals surface area contributed by atoms with E-state index in [0.717, 1.165) is 6.07 Å². The lowest BCUT2D eigenvalue weighted by Gasteiger charge is -2.15. The van der Waals surface area contributed by atoms with Crippen molar-refractivity contribution in [3.63, 3.8) is 0 Å². The molecule has 1 rings (SSSR count). The smallest absolute Gasteiger partial charge is 0.244 e. The Bertz CT molecular complexity index is 466. The molecule has 1 aromatic rings. The molecule has 0 aliphatic carbocycles. The summed E-state index contributed by atoms with van der Waals surface area (Å²) in [5, 5.41) is 11.3. The Labute approximate surface area is 97.8 Å². The van der Waals surface area contributed by atoms with Crippen LogP contribution in [0.2, 0.25) is 5.02 Å². The summed E-state index contributed by atoms with van der Waals surface area (Å²) in [4.78, 5) is 11.6. The molecule has 5 heteroatoms. The van der Waals surface area contributed by atoms with Gasteiger partial charge in [0.15, 0.2) is 0 Å². The van der Waals surface area contributed by atoms with E-state index in [-0.39, 0.29) is 10.7 Å². The van der Waals surface area contributed by atoms with E-state index in [1.165, 1.54) is 26.0 Å². The summed E-state index contributed by atoms with van der Waals surface area (Å²) in [6, 6.07) is 5.73. The minimum atomic E-state index is -1.20. The second-order valence-electron chi connectivity index (χ2n) is 3.82. The van der Waals surface area contributed by atoms with Gasteiger partial charge in [-0.05, 0) is 32.0 Å². The van der Waals surface area contributed by atoms with E-state index >= 15 is 0 Å². The van der Waals surface area contributed by atoms with Gasteiger partial charge in [-0.3, -0.25) is 4.79 Å². The molecule has 1 N–H and O–H groups in total. The number of nitrogens with zero attached hydrogens (tertiary/aromatic N) is 1. The molecule has 0 atom stereocenters. The maximum Gasteiger partial charge on any atom is 0.244 e. The molecule has 0 aromatic heterocycles. The fraction of sp³-hybridized carbons (Fsp3) is 0.273. The first-order chi connectivity index (χ1) is 7.36. The van der Waals surface area contributed by atoms with Crippen molar-refractivity contribution in [1.82, 2.24) is 0 Å². The van der Waals surface area contributed by atoms with E-state index in [1.54, 1.807) is 0 Å². The summed E-state index contributed by atoms with van der Waals surface area (Å²) in [7, 11) is 0. The lowest BCUT2D eigenvalue weighted by Crippen LogP contribution is -2.29. The number of nitriles is 1. The fourth-order valence-electron chi connectivity index (χ4n) is 0.920. The third-order valence-electron chi connectivity index (χ3n) is 2.03. The highest BCUT2D eigenvalue weighted by atomic mass is 35.5. The van der Waals surface area contributed by atoms with Gasteiger partial charge in [0.25, 0.3) is 0 Å². The lowest BCUT2D eigenvalue weighted by molar-refractivity contribution is -0.121. The molecular formula is C11H10ClFN2O. The molecule has 16 heavy (non-hydrogen) atoms. The van der Waals surface area contributed by atoms with E-state index in [2.05, 4.69) is 5.32 Å². The molecule has 0 bridgehead atoms. The summed E-state index contributed by atoms with van der Waals surface area (Å²) >= 11 is 5.57. The van der Waals surface area contributed by atoms with Crippen LogP contribution in [0.15, 0.2) is 18.2 Å². The molecule has 0 radical (unpaired) electrons. The third-order valence-corrected chi connectivity index (χ3v) is 2.26. The van der Waals surface area contributed by atoms with Gasteiger partial charge >= 0.3 is 0 Å². The number of carbonyl (C=O) groups is 1. The first-order valence-corrected chi connectivity index (χ1v) is 4.92. The maximum absolute atomic E-state index is 13.3. The van der Waals surface area contributed by atoms with Crippen LogP contribution in [0, 0.1) is 22.6 Å². The Hall–Kier alpha value is -1.60. The number of amides is 1. The minimum absolute atomic E-state index is 0.0118. The van der Waals surface area contributed by atoms with Crippen LogP contribution < -0.4 is 5.32 Å². The Balaban J connectivity index is 2.91. The van der Waals surface area contributed by atoms with Gasteiger partial charge in [0.05, 0.1) is 11.8 Å². The summed E-state index contributed by atoms with van der Waals surface area (Å²) in [5.41, 5.74) is -1.19. The zero-order valence-corrected chi connectivity index (χ0v) is 9.60. The van der Waals surface area contributed by atoms with Crippen LogP contribution in [0.5, 0.6) is 0 Å². The number of anilines is 1. The molecule has 0 saturated carbocycles. The first-order valence-electron chi connectivity index (χ1n) is 4.54. The van der Waals surface area contributed by atoms with Gasteiger partial charge in [0.1, 0.15) is 11.2 Å². The van der Waals surface area contributed by atoms with Crippen LogP contribution in [0.4, 0.5) is 10.1 Å². The second-order valence-corrected chi connectivity index (χ2v) is 4.25. The van der Waals surface area contributed by atoms with Gasteiger partial charge in [0, 0.05) is 5.02 Å². The number of hydrogen-bond donors (Lipinski definition) is 1. The van der Waals surface area contributed by atoms with Crippen LogP contribution in [-0.4, -0.2) is 5.91 Å². The minimum Gasteiger partial charge on any atom is -0.322 e. The normalized spacial score (nSPS) is 10.7. The Morgan fingerprint density at radius 2 is 2.19 bits per heavy atom. The predicted molar refractivity (Wildman–Crippen MR) is 59.4 cm³/mol. The predicted octanol–water partition coefficient (Wildman–Crippen LogP) is 2.97. The largest absolute Gasteiger partial charge is 0.322 e. The van der Waals surface area contributed by atoms with Gasteiger partial charge in [-0.1, -0.05) is 11.6 Å². The molecule has 0 saturated heterocycles. The Morgan fingerprint density at radius 1 is 1.56 bits per heavy atom. The standard InChI is InChI=1S/C11H10ClFN2O/c1-11(2,6-14)10(16)15-9-4-3-7(12)5-8(9)13/h3-5H,1-2H3,(H,15,16). The highest BCUT2D eigenvalue weighted by Gasteiger charge is 2.27. The van der Waals surface area contributed by atoms with Gasteiger partial charge < -0.3 is 5.32 Å². The number of hydrogen-bond acceptors (Lipinski definition) is 2. The number of nitrogens with one attached hydrogen (secondary N) is 1. The molecule has 0 heterocycles. The molecule has 0 spiro atoms. The lowest BCUT2D eigenvalue weighted by atomic mass is 9.94. The number of benzene rings is 1. The van der Waals surface area contributed by atoms with Crippen LogP contribution in [0.1, 0.15) is 13.8 Å². The molecule has 0 aliphatic heterocycles. The van der Waals surface area contributed by atoms with E-state index in [4.69, 9.17) is 16.9 Å². The van der Waals surface area contributed by atoms with E-state index < -0.39 is 17.1 Å². The van der Waals surface area contributed by atoms with Crippen molar-refractivity contribution in [1.29, 1.82) is 5.26 Å². The van der Waals surface area contributed by atoms with Gasteiger partial charge in [-0.15, -0.1) is 0 Å². The van der Waals surface area contributed by atoms with Crippen LogP contribution >= 0.6 is 11.6 Å². The average Bonchev–Trinajstić information content (AvgIpc) is 2.22. The molecule has 0 unspecified atom stereocenters. The molecule has 0 fully saturated rings. The quantitative estimate of drug-likeness (QED) is 0.864. The molecule has 1 amide bonds. The van der Waals surface area contributed by atoms with Crippen molar-refractivity contribution in [2.75, 3.05) is 5.32 Å². The van der Waals surface area contributed by atoms with Crippen LogP contribution in [-0.2, 0) is 4.79 Å².